The van der Waals surface area contributed by atoms with E-state index >= 15 is 0 Å². The lowest BCUT2D eigenvalue weighted by Crippen LogP contribution is -2.43. The van der Waals surface area contributed by atoms with Crippen LogP contribution in [-0.2, 0) is 4.79 Å². The maximum absolute atomic E-state index is 12.1. The number of nitrogens with one attached hydrogen (secondary N) is 2. The number of ether oxygens (including phenoxy) is 3. The predicted molar refractivity (Wildman–Crippen MR) is 92.1 cm³/mol. The molecule has 2 N–H and O–H groups in total. The molecule has 0 saturated carbocycles. The van der Waals surface area contributed by atoms with E-state index < -0.39 is 11.8 Å². The molecule has 2 rings (SSSR count). The van der Waals surface area contributed by atoms with Gasteiger partial charge < -0.3 is 14.2 Å². The standard InChI is InChI=1S/C17H17ClN2O5/c1-23-14-6-11(7-15(9-14)24-2)17(22)20-19-16(21)10-25-13-5-3-4-12(18)8-13/h3-9H,10H2,1-2H3,(H,19,21)(H,20,22). The Bertz CT molecular complexity index is 744. The lowest BCUT2D eigenvalue weighted by Gasteiger charge is -2.11. The summed E-state index contributed by atoms with van der Waals surface area (Å²) in [4.78, 5) is 23.9. The van der Waals surface area contributed by atoms with Crippen LogP contribution in [0.4, 0.5) is 0 Å². The lowest BCUT2D eigenvalue weighted by atomic mass is 10.2. The van der Waals surface area contributed by atoms with Gasteiger partial charge in [-0.3, -0.25) is 20.4 Å². The Morgan fingerprint density at radius 2 is 1.64 bits per heavy atom. The third kappa shape index (κ3) is 5.58. The SMILES string of the molecule is COc1cc(OC)cc(C(=O)NNC(=O)COc2cccc(Cl)c2)c1. The molecule has 0 unspecified atom stereocenters. The second-order valence-corrected chi connectivity index (χ2v) is 5.29. The maximum Gasteiger partial charge on any atom is 0.276 e. The molecular weight excluding hydrogens is 348 g/mol. The van der Waals surface area contributed by atoms with Crippen molar-refractivity contribution in [2.24, 2.45) is 0 Å². The Hall–Kier alpha value is -2.93. The van der Waals surface area contributed by atoms with Gasteiger partial charge in [-0.05, 0) is 30.3 Å². The Kier molecular flexibility index (Phi) is 6.47. The van der Waals surface area contributed by atoms with Crippen molar-refractivity contribution >= 4 is 23.4 Å². The number of rotatable bonds is 6. The summed E-state index contributed by atoms with van der Waals surface area (Å²) in [5.41, 5.74) is 4.83. The van der Waals surface area contributed by atoms with Gasteiger partial charge in [0.05, 0.1) is 14.2 Å². The Morgan fingerprint density at radius 3 is 2.24 bits per heavy atom. The molecule has 8 heteroatoms. The number of benzene rings is 2. The van der Waals surface area contributed by atoms with Gasteiger partial charge in [0.15, 0.2) is 6.61 Å². The summed E-state index contributed by atoms with van der Waals surface area (Å²) in [5, 5.41) is 0.498. The van der Waals surface area contributed by atoms with E-state index in [4.69, 9.17) is 25.8 Å². The highest BCUT2D eigenvalue weighted by molar-refractivity contribution is 6.30. The highest BCUT2D eigenvalue weighted by Gasteiger charge is 2.11. The molecule has 0 aliphatic heterocycles. The van der Waals surface area contributed by atoms with E-state index in [0.29, 0.717) is 22.3 Å². The number of halogens is 1. The Balaban J connectivity index is 1.87. The minimum atomic E-state index is -0.525. The average molecular weight is 365 g/mol. The molecule has 0 heterocycles. The van der Waals surface area contributed by atoms with Crippen LogP contribution in [-0.4, -0.2) is 32.6 Å². The van der Waals surface area contributed by atoms with Crippen molar-refractivity contribution in [1.82, 2.24) is 10.9 Å². The van der Waals surface area contributed by atoms with Crippen molar-refractivity contribution < 1.29 is 23.8 Å². The molecule has 2 aromatic carbocycles. The minimum absolute atomic E-state index is 0.271. The molecule has 0 bridgehead atoms. The number of hydrogen-bond acceptors (Lipinski definition) is 5. The average Bonchev–Trinajstić information content (AvgIpc) is 2.63. The third-order valence-electron chi connectivity index (χ3n) is 3.10. The number of carbonyl (C=O) groups excluding carboxylic acids is 2. The number of hydrogen-bond donors (Lipinski definition) is 2. The molecule has 0 atom stereocenters. The minimum Gasteiger partial charge on any atom is -0.497 e. The van der Waals surface area contributed by atoms with Crippen molar-refractivity contribution in [2.75, 3.05) is 20.8 Å². The van der Waals surface area contributed by atoms with E-state index in [9.17, 15) is 9.59 Å². The molecule has 0 spiro atoms. The molecule has 25 heavy (non-hydrogen) atoms. The fraction of sp³-hybridized carbons (Fsp3) is 0.176. The topological polar surface area (TPSA) is 85.9 Å². The predicted octanol–water partition coefficient (Wildman–Crippen LogP) is 2.20. The molecule has 0 fully saturated rings. The lowest BCUT2D eigenvalue weighted by molar-refractivity contribution is -0.123. The largest absolute Gasteiger partial charge is 0.497 e. The molecule has 0 aliphatic carbocycles. The molecule has 2 aromatic rings. The molecule has 2 amide bonds. The van der Waals surface area contributed by atoms with Gasteiger partial charge in [0, 0.05) is 16.7 Å². The quantitative estimate of drug-likeness (QED) is 0.767. The van der Waals surface area contributed by atoms with Gasteiger partial charge in [-0.25, -0.2) is 0 Å². The summed E-state index contributed by atoms with van der Waals surface area (Å²) in [6.45, 7) is -0.276. The van der Waals surface area contributed by atoms with Gasteiger partial charge in [-0.15, -0.1) is 0 Å². The van der Waals surface area contributed by atoms with Crippen LogP contribution >= 0.6 is 11.6 Å². The molecule has 0 aliphatic rings. The van der Waals surface area contributed by atoms with Gasteiger partial charge in [0.2, 0.25) is 0 Å². The zero-order valence-corrected chi connectivity index (χ0v) is 14.4. The Labute approximate surface area is 149 Å². The second kappa shape index (κ2) is 8.79. The number of amides is 2. The van der Waals surface area contributed by atoms with E-state index in [1.165, 1.54) is 26.4 Å². The summed E-state index contributed by atoms with van der Waals surface area (Å²) < 4.78 is 15.5. The highest BCUT2D eigenvalue weighted by Crippen LogP contribution is 2.22. The van der Waals surface area contributed by atoms with Crippen LogP contribution in [0.2, 0.25) is 5.02 Å². The van der Waals surface area contributed by atoms with Crippen LogP contribution in [0.5, 0.6) is 17.2 Å². The van der Waals surface area contributed by atoms with E-state index in [1.54, 1.807) is 30.3 Å². The summed E-state index contributed by atoms with van der Waals surface area (Å²) in [7, 11) is 2.96. The highest BCUT2D eigenvalue weighted by atomic mass is 35.5. The van der Waals surface area contributed by atoms with Gasteiger partial charge >= 0.3 is 0 Å². The monoisotopic (exact) mass is 364 g/mol. The van der Waals surface area contributed by atoms with Crippen molar-refractivity contribution in [3.8, 4) is 17.2 Å². The summed E-state index contributed by atoms with van der Waals surface area (Å²) >= 11 is 5.82. The van der Waals surface area contributed by atoms with E-state index in [1.807, 2.05) is 0 Å². The van der Waals surface area contributed by atoms with Crippen molar-refractivity contribution in [3.63, 3.8) is 0 Å². The van der Waals surface area contributed by atoms with Crippen molar-refractivity contribution in [3.05, 3.63) is 53.1 Å². The molecular formula is C17H17ClN2O5. The van der Waals surface area contributed by atoms with Crippen LogP contribution in [0.3, 0.4) is 0 Å². The van der Waals surface area contributed by atoms with Crippen LogP contribution in [0.15, 0.2) is 42.5 Å². The van der Waals surface area contributed by atoms with Gasteiger partial charge in [0.1, 0.15) is 17.2 Å². The molecule has 132 valence electrons. The summed E-state index contributed by atoms with van der Waals surface area (Å²) in [6, 6.07) is 11.3. The van der Waals surface area contributed by atoms with Crippen LogP contribution in [0.25, 0.3) is 0 Å². The summed E-state index contributed by atoms with van der Waals surface area (Å²) in [6.07, 6.45) is 0. The number of hydrazine groups is 1. The second-order valence-electron chi connectivity index (χ2n) is 4.85. The van der Waals surface area contributed by atoms with Crippen molar-refractivity contribution in [1.29, 1.82) is 0 Å². The summed E-state index contributed by atoms with van der Waals surface area (Å²) in [5.74, 6) is 0.322. The van der Waals surface area contributed by atoms with Crippen molar-refractivity contribution in [2.45, 2.75) is 0 Å². The fourth-order valence-electron chi connectivity index (χ4n) is 1.88. The first-order chi connectivity index (χ1) is 12.0. The molecule has 0 saturated heterocycles. The van der Waals surface area contributed by atoms with E-state index in [2.05, 4.69) is 10.9 Å². The smallest absolute Gasteiger partial charge is 0.276 e. The molecule has 0 aromatic heterocycles. The van der Waals surface area contributed by atoms with Gasteiger partial charge in [0.25, 0.3) is 11.8 Å². The Morgan fingerprint density at radius 1 is 0.960 bits per heavy atom. The first kappa shape index (κ1) is 18.4. The van der Waals surface area contributed by atoms with Gasteiger partial charge in [-0.1, -0.05) is 17.7 Å². The van der Waals surface area contributed by atoms with Crippen LogP contribution in [0.1, 0.15) is 10.4 Å². The third-order valence-corrected chi connectivity index (χ3v) is 3.33. The van der Waals surface area contributed by atoms with Gasteiger partial charge in [-0.2, -0.15) is 0 Å². The number of carbonyl (C=O) groups is 2. The normalized spacial score (nSPS) is 9.88. The zero-order valence-electron chi connectivity index (χ0n) is 13.7. The van der Waals surface area contributed by atoms with E-state index in [-0.39, 0.29) is 12.2 Å². The molecule has 7 nitrogen and oxygen atoms in total. The first-order valence-electron chi connectivity index (χ1n) is 7.22. The van der Waals surface area contributed by atoms with E-state index in [0.717, 1.165) is 0 Å². The van der Waals surface area contributed by atoms with Crippen LogP contribution in [0, 0.1) is 0 Å². The first-order valence-corrected chi connectivity index (χ1v) is 7.60. The zero-order chi connectivity index (χ0) is 18.2. The fourth-order valence-corrected chi connectivity index (χ4v) is 2.06. The number of methoxy groups -OCH3 is 2. The molecule has 0 radical (unpaired) electrons. The maximum atomic E-state index is 12.1. The van der Waals surface area contributed by atoms with Crippen LogP contribution < -0.4 is 25.1 Å².